The van der Waals surface area contributed by atoms with E-state index in [4.69, 9.17) is 4.74 Å². The van der Waals surface area contributed by atoms with E-state index in [0.29, 0.717) is 12.6 Å². The molecule has 3 aromatic rings. The predicted molar refractivity (Wildman–Crippen MR) is 118 cm³/mol. The summed E-state index contributed by atoms with van der Waals surface area (Å²) >= 11 is 0. The molecule has 1 saturated carbocycles. The number of ether oxygens (including phenoxy) is 1. The lowest BCUT2D eigenvalue weighted by atomic mass is 9.93. The second-order valence-electron chi connectivity index (χ2n) is 8.46. The number of fused-ring (bicyclic) bond motifs is 1. The van der Waals surface area contributed by atoms with Crippen LogP contribution in [0.4, 0.5) is 11.5 Å². The molecule has 162 valence electrons. The first kappa shape index (κ1) is 20.7. The number of aryl methyl sites for hydroxylation is 3. The number of aliphatic hydroxyl groups excluding tert-OH is 1. The molecule has 30 heavy (non-hydrogen) atoms. The van der Waals surface area contributed by atoms with E-state index in [2.05, 4.69) is 26.8 Å². The maximum absolute atomic E-state index is 9.46. The number of aliphatic hydroxyl groups is 1. The first-order valence-corrected chi connectivity index (χ1v) is 10.7. The Morgan fingerprint density at radius 1 is 1.20 bits per heavy atom. The Morgan fingerprint density at radius 3 is 2.63 bits per heavy atom. The molecule has 0 saturated heterocycles. The van der Waals surface area contributed by atoms with Crippen LogP contribution in [-0.2, 0) is 14.1 Å². The van der Waals surface area contributed by atoms with Gasteiger partial charge in [0.25, 0.3) is 0 Å². The first-order chi connectivity index (χ1) is 14.4. The van der Waals surface area contributed by atoms with E-state index in [0.717, 1.165) is 59.7 Å². The summed E-state index contributed by atoms with van der Waals surface area (Å²) in [6.45, 7) is 4.49. The second-order valence-corrected chi connectivity index (χ2v) is 8.46. The zero-order chi connectivity index (χ0) is 21.3. The lowest BCUT2D eigenvalue weighted by Gasteiger charge is -2.30. The largest absolute Gasteiger partial charge is 0.490 e. The fourth-order valence-corrected chi connectivity index (χ4v) is 4.04. The van der Waals surface area contributed by atoms with Gasteiger partial charge in [-0.2, -0.15) is 5.10 Å². The highest BCUT2D eigenvalue weighted by Crippen LogP contribution is 2.32. The second kappa shape index (κ2) is 8.65. The molecule has 3 N–H and O–H groups in total. The van der Waals surface area contributed by atoms with E-state index in [1.807, 2.05) is 55.7 Å². The Labute approximate surface area is 177 Å². The number of aromatic nitrogens is 4. The van der Waals surface area contributed by atoms with Crippen LogP contribution in [0.15, 0.2) is 24.5 Å². The molecule has 1 fully saturated rings. The van der Waals surface area contributed by atoms with Crippen LogP contribution in [0.25, 0.3) is 11.0 Å². The maximum Gasteiger partial charge on any atom is 0.152 e. The summed E-state index contributed by atoms with van der Waals surface area (Å²) in [5.74, 6) is 1.64. The first-order valence-electron chi connectivity index (χ1n) is 10.7. The Morgan fingerprint density at radius 2 is 1.97 bits per heavy atom. The van der Waals surface area contributed by atoms with Crippen molar-refractivity contribution in [3.8, 4) is 5.75 Å². The van der Waals surface area contributed by atoms with Crippen molar-refractivity contribution in [3.05, 3.63) is 30.2 Å². The summed E-state index contributed by atoms with van der Waals surface area (Å²) in [5.41, 5.74) is 3.91. The van der Waals surface area contributed by atoms with Gasteiger partial charge in [0.15, 0.2) is 5.82 Å². The van der Waals surface area contributed by atoms with Crippen molar-refractivity contribution in [1.82, 2.24) is 24.6 Å². The SMILES string of the molecule is Cc1cc(Nc2cc(O[C@H]3CC[C@@H](NC[C@H](C)O)CC3)cc3c2ncn3C)nn1C. The van der Waals surface area contributed by atoms with E-state index in [1.54, 1.807) is 0 Å². The third-order valence-corrected chi connectivity index (χ3v) is 5.86. The summed E-state index contributed by atoms with van der Waals surface area (Å²) in [7, 11) is 3.93. The Kier molecular flexibility index (Phi) is 5.97. The van der Waals surface area contributed by atoms with Crippen LogP contribution in [-0.4, -0.2) is 49.2 Å². The zero-order valence-corrected chi connectivity index (χ0v) is 18.2. The van der Waals surface area contributed by atoms with E-state index in [1.165, 1.54) is 0 Å². The van der Waals surface area contributed by atoms with Crippen molar-refractivity contribution in [2.45, 2.75) is 57.8 Å². The van der Waals surface area contributed by atoms with Crippen molar-refractivity contribution in [2.75, 3.05) is 11.9 Å². The van der Waals surface area contributed by atoms with Gasteiger partial charge in [-0.1, -0.05) is 0 Å². The van der Waals surface area contributed by atoms with Gasteiger partial charge in [-0.3, -0.25) is 4.68 Å². The molecule has 1 atom stereocenters. The van der Waals surface area contributed by atoms with Gasteiger partial charge in [0.1, 0.15) is 11.3 Å². The Bertz CT molecular complexity index is 981. The molecule has 1 aromatic carbocycles. The van der Waals surface area contributed by atoms with Gasteiger partial charge in [-0.05, 0) is 39.5 Å². The van der Waals surface area contributed by atoms with E-state index in [9.17, 15) is 5.11 Å². The van der Waals surface area contributed by atoms with Crippen molar-refractivity contribution < 1.29 is 9.84 Å². The van der Waals surface area contributed by atoms with Gasteiger partial charge in [-0.25, -0.2) is 4.98 Å². The molecule has 2 heterocycles. The summed E-state index contributed by atoms with van der Waals surface area (Å²) < 4.78 is 10.2. The minimum absolute atomic E-state index is 0.199. The molecule has 1 aliphatic rings. The van der Waals surface area contributed by atoms with Crippen LogP contribution in [0.1, 0.15) is 38.3 Å². The molecule has 0 spiro atoms. The highest BCUT2D eigenvalue weighted by molar-refractivity contribution is 5.91. The summed E-state index contributed by atoms with van der Waals surface area (Å²) in [6, 6.07) is 6.57. The number of benzene rings is 1. The number of nitrogens with zero attached hydrogens (tertiary/aromatic N) is 4. The van der Waals surface area contributed by atoms with Crippen molar-refractivity contribution in [1.29, 1.82) is 0 Å². The average molecular weight is 413 g/mol. The van der Waals surface area contributed by atoms with Crippen LogP contribution in [0, 0.1) is 6.92 Å². The molecule has 0 radical (unpaired) electrons. The normalized spacial score (nSPS) is 20.4. The quantitative estimate of drug-likeness (QED) is 0.553. The molecule has 1 aliphatic carbocycles. The lowest BCUT2D eigenvalue weighted by Crippen LogP contribution is -2.39. The lowest BCUT2D eigenvalue weighted by molar-refractivity contribution is 0.131. The topological polar surface area (TPSA) is 89.2 Å². The van der Waals surface area contributed by atoms with Crippen LogP contribution in [0.3, 0.4) is 0 Å². The van der Waals surface area contributed by atoms with Crippen molar-refractivity contribution >= 4 is 22.5 Å². The van der Waals surface area contributed by atoms with Gasteiger partial charge in [-0.15, -0.1) is 0 Å². The summed E-state index contributed by atoms with van der Waals surface area (Å²) in [4.78, 5) is 4.56. The summed E-state index contributed by atoms with van der Waals surface area (Å²) in [5, 5.41) is 20.8. The molecular formula is C22H32N6O2. The van der Waals surface area contributed by atoms with Crippen LogP contribution in [0.2, 0.25) is 0 Å². The number of rotatable bonds is 7. The fourth-order valence-electron chi connectivity index (χ4n) is 4.04. The van der Waals surface area contributed by atoms with Crippen molar-refractivity contribution in [2.24, 2.45) is 14.1 Å². The molecule has 0 aliphatic heterocycles. The van der Waals surface area contributed by atoms with Gasteiger partial charge < -0.3 is 25.0 Å². The molecule has 0 bridgehead atoms. The number of hydrogen-bond donors (Lipinski definition) is 3. The van der Waals surface area contributed by atoms with Crippen LogP contribution >= 0.6 is 0 Å². The maximum atomic E-state index is 9.46. The zero-order valence-electron chi connectivity index (χ0n) is 18.2. The predicted octanol–water partition coefficient (Wildman–Crippen LogP) is 3.02. The highest BCUT2D eigenvalue weighted by atomic mass is 16.5. The minimum atomic E-state index is -0.307. The number of nitrogens with one attached hydrogen (secondary N) is 2. The standard InChI is InChI=1S/C22H32N6O2/c1-14-9-21(26-28(14)4)25-19-10-18(11-20-22(19)24-13-27(20)3)30-17-7-5-16(6-8-17)23-12-15(2)29/h9-11,13,15-17,23,29H,5-8,12H2,1-4H3,(H,25,26)/t15-,16-,17+/m0/s1. The third-order valence-electron chi connectivity index (χ3n) is 5.86. The Balaban J connectivity index is 1.48. The van der Waals surface area contributed by atoms with Crippen molar-refractivity contribution in [3.63, 3.8) is 0 Å². The number of hydrogen-bond acceptors (Lipinski definition) is 6. The molecule has 4 rings (SSSR count). The number of imidazole rings is 1. The van der Waals surface area contributed by atoms with Gasteiger partial charge in [0, 0.05) is 50.6 Å². The van der Waals surface area contributed by atoms with E-state index < -0.39 is 0 Å². The molecular weight excluding hydrogens is 380 g/mol. The van der Waals surface area contributed by atoms with Crippen LogP contribution < -0.4 is 15.4 Å². The van der Waals surface area contributed by atoms with Crippen LogP contribution in [0.5, 0.6) is 5.75 Å². The third kappa shape index (κ3) is 4.60. The molecule has 0 unspecified atom stereocenters. The smallest absolute Gasteiger partial charge is 0.152 e. The van der Waals surface area contributed by atoms with E-state index >= 15 is 0 Å². The summed E-state index contributed by atoms with van der Waals surface area (Å²) in [6.07, 6.45) is 5.84. The van der Waals surface area contributed by atoms with E-state index in [-0.39, 0.29) is 12.2 Å². The average Bonchev–Trinajstić information content (AvgIpc) is 3.23. The Hall–Kier alpha value is -2.58. The van der Waals surface area contributed by atoms with Gasteiger partial charge in [0.2, 0.25) is 0 Å². The number of anilines is 2. The molecule has 8 nitrogen and oxygen atoms in total. The molecule has 0 amide bonds. The molecule has 8 heteroatoms. The minimum Gasteiger partial charge on any atom is -0.490 e. The highest BCUT2D eigenvalue weighted by Gasteiger charge is 2.23. The monoisotopic (exact) mass is 412 g/mol. The fraction of sp³-hybridized carbons (Fsp3) is 0.545. The molecule has 2 aromatic heterocycles. The van der Waals surface area contributed by atoms with Gasteiger partial charge >= 0.3 is 0 Å². The van der Waals surface area contributed by atoms with Gasteiger partial charge in [0.05, 0.1) is 29.7 Å².